The van der Waals surface area contributed by atoms with Gasteiger partial charge in [-0.15, -0.1) is 0 Å². The van der Waals surface area contributed by atoms with Crippen LogP contribution >= 0.6 is 38.5 Å². The van der Waals surface area contributed by atoms with Crippen LogP contribution in [0.4, 0.5) is 22.0 Å². The van der Waals surface area contributed by atoms with Gasteiger partial charge in [0.1, 0.15) is 11.4 Å². The Bertz CT molecular complexity index is 373. The third kappa shape index (κ3) is 2.18. The van der Waals surface area contributed by atoms with E-state index in [-0.39, 0.29) is 8.04 Å². The zero-order valence-electron chi connectivity index (χ0n) is 6.22. The molecule has 78 valence electrons. The van der Waals surface area contributed by atoms with Gasteiger partial charge in [0.25, 0.3) is 0 Å². The van der Waals surface area contributed by atoms with E-state index < -0.39 is 23.4 Å². The van der Waals surface area contributed by atoms with Gasteiger partial charge < -0.3 is 0 Å². The van der Waals surface area contributed by atoms with Crippen LogP contribution < -0.4 is 0 Å². The molecule has 0 saturated heterocycles. The summed E-state index contributed by atoms with van der Waals surface area (Å²) in [6.45, 7) is 0. The Morgan fingerprint density at radius 1 is 1.21 bits per heavy atom. The van der Waals surface area contributed by atoms with Crippen LogP contribution in [0.1, 0.15) is 5.56 Å². The molecule has 0 nitrogen and oxygen atoms in total. The zero-order chi connectivity index (χ0) is 11.1. The van der Waals surface area contributed by atoms with Crippen molar-refractivity contribution < 1.29 is 22.0 Å². The van der Waals surface area contributed by atoms with Crippen molar-refractivity contribution in [1.82, 2.24) is 0 Å². The van der Waals surface area contributed by atoms with E-state index in [1.165, 1.54) is 22.6 Å². The second-order valence-corrected chi connectivity index (χ2v) is 4.27. The molecule has 0 saturated carbocycles. The number of benzene rings is 1. The maximum absolute atomic E-state index is 13.0. The molecule has 0 spiro atoms. The van der Waals surface area contributed by atoms with E-state index in [1.54, 1.807) is 0 Å². The average Bonchev–Trinajstić information content (AvgIpc) is 1.97. The first-order valence-corrected chi connectivity index (χ1v) is 5.02. The first-order valence-electron chi connectivity index (χ1n) is 3.15. The Labute approximate surface area is 97.8 Å². The first-order chi connectivity index (χ1) is 6.25. The van der Waals surface area contributed by atoms with Crippen LogP contribution in [0.5, 0.6) is 0 Å². The molecule has 1 aromatic carbocycles. The highest BCUT2D eigenvalue weighted by molar-refractivity contribution is 14.1. The molecule has 0 aromatic heterocycles. The van der Waals surface area contributed by atoms with Gasteiger partial charge in [0.05, 0.1) is 3.57 Å². The predicted molar refractivity (Wildman–Crippen MR) is 51.8 cm³/mol. The lowest BCUT2D eigenvalue weighted by Gasteiger charge is -2.10. The van der Waals surface area contributed by atoms with Crippen molar-refractivity contribution in [2.75, 3.05) is 0 Å². The molecule has 0 radical (unpaired) electrons. The van der Waals surface area contributed by atoms with E-state index in [1.807, 2.05) is 0 Å². The molecule has 0 aliphatic heterocycles. The summed E-state index contributed by atoms with van der Waals surface area (Å²) in [6.07, 6.45) is -5.02. The van der Waals surface area contributed by atoms with Crippen LogP contribution in [-0.4, -0.2) is 0 Å². The summed E-state index contributed by atoms with van der Waals surface area (Å²) in [5.41, 5.74) is -1.86. The highest BCUT2D eigenvalue weighted by atomic mass is 127. The summed E-state index contributed by atoms with van der Waals surface area (Å²) in [7, 11) is 0. The first kappa shape index (κ1) is 12.2. The maximum atomic E-state index is 13.0. The van der Waals surface area contributed by atoms with Crippen LogP contribution in [0.2, 0.25) is 0 Å². The van der Waals surface area contributed by atoms with Crippen molar-refractivity contribution in [2.45, 2.75) is 6.18 Å². The summed E-state index contributed by atoms with van der Waals surface area (Å²) in [5.74, 6) is -3.22. The third-order valence-electron chi connectivity index (χ3n) is 1.40. The monoisotopic (exact) mass is 386 g/mol. The molecule has 1 aromatic rings. The predicted octanol–water partition coefficient (Wildman–Crippen LogP) is 4.35. The minimum Gasteiger partial charge on any atom is -0.206 e. The van der Waals surface area contributed by atoms with Gasteiger partial charge in [-0.3, -0.25) is 0 Å². The number of hydrogen-bond acceptors (Lipinski definition) is 0. The standard InChI is InChI=1S/C7HBrF5I/c8-2-1-3(9)4(7(11,12)13)5(10)6(2)14/h1H. The Morgan fingerprint density at radius 2 is 1.71 bits per heavy atom. The minimum absolute atomic E-state index is 0.0406. The molecule has 0 amide bonds. The fourth-order valence-electron chi connectivity index (χ4n) is 0.826. The maximum Gasteiger partial charge on any atom is 0.422 e. The Kier molecular flexibility index (Phi) is 3.40. The van der Waals surface area contributed by atoms with Gasteiger partial charge in [0.15, 0.2) is 5.82 Å². The highest BCUT2D eigenvalue weighted by Crippen LogP contribution is 2.37. The largest absolute Gasteiger partial charge is 0.422 e. The second kappa shape index (κ2) is 3.92. The van der Waals surface area contributed by atoms with Crippen LogP contribution in [0.15, 0.2) is 10.5 Å². The Hall–Kier alpha value is 0.0800. The molecule has 14 heavy (non-hydrogen) atoms. The van der Waals surface area contributed by atoms with E-state index in [4.69, 9.17) is 0 Å². The third-order valence-corrected chi connectivity index (χ3v) is 3.82. The molecule has 0 unspecified atom stereocenters. The zero-order valence-corrected chi connectivity index (χ0v) is 9.97. The van der Waals surface area contributed by atoms with Crippen LogP contribution in [0.3, 0.4) is 0 Å². The smallest absolute Gasteiger partial charge is 0.206 e. The van der Waals surface area contributed by atoms with Crippen molar-refractivity contribution in [1.29, 1.82) is 0 Å². The molecule has 0 aliphatic carbocycles. The highest BCUT2D eigenvalue weighted by Gasteiger charge is 2.39. The van der Waals surface area contributed by atoms with Gasteiger partial charge in [-0.1, -0.05) is 0 Å². The van der Waals surface area contributed by atoms with Crippen LogP contribution in [0, 0.1) is 15.2 Å². The molecule has 0 aliphatic rings. The van der Waals surface area contributed by atoms with Gasteiger partial charge in [0, 0.05) is 4.47 Å². The lowest BCUT2D eigenvalue weighted by molar-refractivity contribution is -0.142. The van der Waals surface area contributed by atoms with Crippen molar-refractivity contribution in [3.63, 3.8) is 0 Å². The quantitative estimate of drug-likeness (QED) is 0.269. The van der Waals surface area contributed by atoms with Crippen molar-refractivity contribution in [2.24, 2.45) is 0 Å². The summed E-state index contributed by atoms with van der Waals surface area (Å²) in [4.78, 5) is 0. The lowest BCUT2D eigenvalue weighted by atomic mass is 10.2. The van der Waals surface area contributed by atoms with Gasteiger partial charge in [-0.25, -0.2) is 8.78 Å². The van der Waals surface area contributed by atoms with Gasteiger partial charge in [0.2, 0.25) is 0 Å². The second-order valence-electron chi connectivity index (χ2n) is 2.34. The van der Waals surface area contributed by atoms with Gasteiger partial charge >= 0.3 is 6.18 Å². The lowest BCUT2D eigenvalue weighted by Crippen LogP contribution is -2.12. The average molecular weight is 387 g/mol. The molecule has 1 rings (SSSR count). The SMILES string of the molecule is Fc1cc(Br)c(I)c(F)c1C(F)(F)F. The van der Waals surface area contributed by atoms with Crippen LogP contribution in [0.25, 0.3) is 0 Å². The number of hydrogen-bond donors (Lipinski definition) is 0. The van der Waals surface area contributed by atoms with Gasteiger partial charge in [-0.2, -0.15) is 13.2 Å². The van der Waals surface area contributed by atoms with E-state index in [0.717, 1.165) is 0 Å². The minimum atomic E-state index is -5.02. The molecule has 0 fully saturated rings. The van der Waals surface area contributed by atoms with Crippen molar-refractivity contribution in [3.05, 3.63) is 31.3 Å². The van der Waals surface area contributed by atoms with Gasteiger partial charge in [-0.05, 0) is 44.6 Å². The summed E-state index contributed by atoms with van der Waals surface area (Å²) in [6, 6.07) is 0.591. The number of alkyl halides is 3. The number of halogens is 7. The van der Waals surface area contributed by atoms with E-state index in [2.05, 4.69) is 15.9 Å². The fourth-order valence-corrected chi connectivity index (χ4v) is 1.63. The summed E-state index contributed by atoms with van der Waals surface area (Å²) in [5, 5.41) is 0. The van der Waals surface area contributed by atoms with E-state index in [9.17, 15) is 22.0 Å². The summed E-state index contributed by atoms with van der Waals surface area (Å²) >= 11 is 4.11. The van der Waals surface area contributed by atoms with Crippen molar-refractivity contribution >= 4 is 38.5 Å². The van der Waals surface area contributed by atoms with Crippen molar-refractivity contribution in [3.8, 4) is 0 Å². The number of rotatable bonds is 0. The fraction of sp³-hybridized carbons (Fsp3) is 0.143. The topological polar surface area (TPSA) is 0 Å². The molecule has 7 heteroatoms. The molecule has 0 bridgehead atoms. The summed E-state index contributed by atoms with van der Waals surface area (Å²) < 4.78 is 61.8. The van der Waals surface area contributed by atoms with Crippen LogP contribution in [-0.2, 0) is 6.18 Å². The molecular formula is C7HBrF5I. The molecule has 0 heterocycles. The Morgan fingerprint density at radius 3 is 2.14 bits per heavy atom. The molecule has 0 N–H and O–H groups in total. The van der Waals surface area contributed by atoms with E-state index >= 15 is 0 Å². The normalized spacial score (nSPS) is 11.9. The molecule has 0 atom stereocenters. The van der Waals surface area contributed by atoms with E-state index in [0.29, 0.717) is 6.07 Å². The molecular weight excluding hydrogens is 386 g/mol. The Balaban J connectivity index is 3.53.